The number of aliphatic imine (C=N–C) groups is 1. The van der Waals surface area contributed by atoms with Crippen LogP contribution in [0.4, 0.5) is 4.39 Å². The third-order valence-corrected chi connectivity index (χ3v) is 3.68. The number of hydrogen-bond donors (Lipinski definition) is 1. The van der Waals surface area contributed by atoms with Gasteiger partial charge in [-0.15, -0.1) is 0 Å². The van der Waals surface area contributed by atoms with Gasteiger partial charge < -0.3 is 10.1 Å². The Labute approximate surface area is 142 Å². The molecule has 2 aromatic rings. The second-order valence-electron chi connectivity index (χ2n) is 5.37. The molecule has 0 fully saturated rings. The molecule has 1 atom stereocenters. The third kappa shape index (κ3) is 4.77. The number of benzene rings is 2. The van der Waals surface area contributed by atoms with Crippen LogP contribution in [0.3, 0.4) is 0 Å². The van der Waals surface area contributed by atoms with E-state index in [0.29, 0.717) is 12.3 Å². The lowest BCUT2D eigenvalue weighted by atomic mass is 10.0. The maximum absolute atomic E-state index is 13.0. The maximum atomic E-state index is 13.0. The van der Waals surface area contributed by atoms with E-state index >= 15 is 0 Å². The van der Waals surface area contributed by atoms with Crippen LogP contribution in [0.1, 0.15) is 24.2 Å². The Balaban J connectivity index is 2.20. The molecule has 0 aliphatic heterocycles. The maximum Gasteiger partial charge on any atom is 0.136 e. The van der Waals surface area contributed by atoms with Crippen molar-refractivity contribution in [3.63, 3.8) is 0 Å². The van der Waals surface area contributed by atoms with E-state index in [4.69, 9.17) is 4.74 Å². The Morgan fingerprint density at radius 1 is 1.17 bits per heavy atom. The van der Waals surface area contributed by atoms with Gasteiger partial charge in [0.1, 0.15) is 17.7 Å². The second kappa shape index (κ2) is 8.99. The lowest BCUT2D eigenvalue weighted by molar-refractivity contribution is 0.204. The molecule has 1 N–H and O–H groups in total. The predicted molar refractivity (Wildman–Crippen MR) is 98.2 cm³/mol. The molecule has 0 saturated carbocycles. The number of allylic oxidation sites excluding steroid dienone is 2. The van der Waals surface area contributed by atoms with Gasteiger partial charge in [-0.1, -0.05) is 30.3 Å². The fourth-order valence-corrected chi connectivity index (χ4v) is 2.44. The predicted octanol–water partition coefficient (Wildman–Crippen LogP) is 4.27. The van der Waals surface area contributed by atoms with Crippen LogP contribution in [0, 0.1) is 5.82 Å². The third-order valence-electron chi connectivity index (χ3n) is 3.68. The lowest BCUT2D eigenvalue weighted by Gasteiger charge is -2.20. The van der Waals surface area contributed by atoms with Crippen LogP contribution in [0.15, 0.2) is 59.6 Å². The van der Waals surface area contributed by atoms with Gasteiger partial charge in [-0.25, -0.2) is 4.39 Å². The minimum absolute atomic E-state index is 0.150. The summed E-state index contributed by atoms with van der Waals surface area (Å²) in [6.45, 7) is 2.65. The Morgan fingerprint density at radius 2 is 1.83 bits per heavy atom. The number of ether oxygens (including phenoxy) is 1. The number of halogens is 1. The van der Waals surface area contributed by atoms with Crippen molar-refractivity contribution >= 4 is 11.8 Å². The number of likely N-dealkylation sites (N-methyl/N-ethyl adjacent to an activating group) is 1. The van der Waals surface area contributed by atoms with E-state index < -0.39 is 0 Å². The Morgan fingerprint density at radius 3 is 2.38 bits per heavy atom. The van der Waals surface area contributed by atoms with Gasteiger partial charge in [0.15, 0.2) is 0 Å². The molecule has 0 amide bonds. The summed E-state index contributed by atoms with van der Waals surface area (Å²) in [4.78, 5) is 4.07. The number of nitrogens with one attached hydrogen (secondary N) is 1. The van der Waals surface area contributed by atoms with Gasteiger partial charge in [0.2, 0.25) is 0 Å². The summed E-state index contributed by atoms with van der Waals surface area (Å²) in [5, 5.41) is 3.14. The molecular formula is C20H23FN2O. The number of rotatable bonds is 7. The fraction of sp³-hybridized carbons (Fsp3) is 0.250. The average Bonchev–Trinajstić information content (AvgIpc) is 2.61. The summed E-state index contributed by atoms with van der Waals surface area (Å²) in [6, 6.07) is 14.3. The first-order valence-electron chi connectivity index (χ1n) is 7.93. The highest BCUT2D eigenvalue weighted by Gasteiger charge is 2.13. The van der Waals surface area contributed by atoms with Gasteiger partial charge in [-0.3, -0.25) is 4.99 Å². The van der Waals surface area contributed by atoms with Crippen molar-refractivity contribution in [1.82, 2.24) is 5.32 Å². The van der Waals surface area contributed by atoms with Gasteiger partial charge in [0.05, 0.1) is 0 Å². The van der Waals surface area contributed by atoms with Crippen molar-refractivity contribution in [3.05, 3.63) is 71.6 Å². The topological polar surface area (TPSA) is 33.6 Å². The second-order valence-corrected chi connectivity index (χ2v) is 5.37. The van der Waals surface area contributed by atoms with Crippen LogP contribution >= 0.6 is 0 Å². The average molecular weight is 326 g/mol. The Kier molecular flexibility index (Phi) is 6.70. The largest absolute Gasteiger partial charge is 0.484 e. The molecule has 126 valence electrons. The van der Waals surface area contributed by atoms with Gasteiger partial charge >= 0.3 is 0 Å². The zero-order chi connectivity index (χ0) is 17.4. The van der Waals surface area contributed by atoms with Crippen molar-refractivity contribution in [1.29, 1.82) is 0 Å². The molecule has 0 aliphatic rings. The first-order chi connectivity index (χ1) is 11.7. The summed E-state index contributed by atoms with van der Waals surface area (Å²) in [5.74, 6) is 0.376. The van der Waals surface area contributed by atoms with E-state index in [1.54, 1.807) is 19.2 Å². The highest BCUT2D eigenvalue weighted by atomic mass is 19.1. The van der Waals surface area contributed by atoms with Crippen molar-refractivity contribution in [2.75, 3.05) is 20.6 Å². The quantitative estimate of drug-likeness (QED) is 0.771. The molecule has 0 spiro atoms. The van der Waals surface area contributed by atoms with Gasteiger partial charge in [-0.05, 0) is 54.9 Å². The zero-order valence-electron chi connectivity index (χ0n) is 14.3. The minimum atomic E-state index is -0.270. The summed E-state index contributed by atoms with van der Waals surface area (Å²) in [5.41, 5.74) is 3.24. The van der Waals surface area contributed by atoms with E-state index in [9.17, 15) is 4.39 Å². The normalized spacial score (nSPS) is 13.2. The van der Waals surface area contributed by atoms with Gasteiger partial charge in [0.25, 0.3) is 0 Å². The Bertz CT molecular complexity index is 691. The van der Waals surface area contributed by atoms with Gasteiger partial charge in [0, 0.05) is 19.8 Å². The molecular weight excluding hydrogens is 303 g/mol. The van der Waals surface area contributed by atoms with E-state index in [-0.39, 0.29) is 11.9 Å². The summed E-state index contributed by atoms with van der Waals surface area (Å²) < 4.78 is 19.0. The van der Waals surface area contributed by atoms with Crippen LogP contribution in [0.25, 0.3) is 5.57 Å². The van der Waals surface area contributed by atoms with Crippen molar-refractivity contribution in [2.45, 2.75) is 13.0 Å². The molecule has 0 radical (unpaired) electrons. The number of hydrogen-bond acceptors (Lipinski definition) is 3. The molecule has 0 heterocycles. The van der Waals surface area contributed by atoms with Crippen LogP contribution in [0.5, 0.6) is 5.75 Å². The Hall–Kier alpha value is -2.46. The summed E-state index contributed by atoms with van der Waals surface area (Å²) in [6.07, 6.45) is 3.72. The molecule has 3 nitrogen and oxygen atoms in total. The van der Waals surface area contributed by atoms with E-state index in [2.05, 4.69) is 22.4 Å². The molecule has 2 rings (SSSR count). The zero-order valence-corrected chi connectivity index (χ0v) is 14.3. The molecule has 0 aromatic heterocycles. The standard InChI is InChI=1S/C20H23FN2O/c1-4-15(13-22-2)16-5-7-17(8-6-16)20(14-23-3)24-19-11-9-18(21)10-12-19/h4-13,20,23H,14H2,1-3H3/b15-4+,22-13?. The van der Waals surface area contributed by atoms with Crippen LogP contribution in [0.2, 0.25) is 0 Å². The highest BCUT2D eigenvalue weighted by Crippen LogP contribution is 2.23. The summed E-state index contributed by atoms with van der Waals surface area (Å²) in [7, 11) is 3.64. The van der Waals surface area contributed by atoms with E-state index in [1.807, 2.05) is 38.4 Å². The SMILES string of the molecule is C/C=C(\C=NC)c1ccc(C(CNC)Oc2ccc(F)cc2)cc1. The van der Waals surface area contributed by atoms with E-state index in [0.717, 1.165) is 16.7 Å². The monoisotopic (exact) mass is 326 g/mol. The van der Waals surface area contributed by atoms with E-state index in [1.165, 1.54) is 12.1 Å². The van der Waals surface area contributed by atoms with Crippen molar-refractivity contribution < 1.29 is 9.13 Å². The molecule has 2 aromatic carbocycles. The van der Waals surface area contributed by atoms with Crippen LogP contribution < -0.4 is 10.1 Å². The summed E-state index contributed by atoms with van der Waals surface area (Å²) >= 11 is 0. The molecule has 24 heavy (non-hydrogen) atoms. The van der Waals surface area contributed by atoms with Crippen LogP contribution in [-0.4, -0.2) is 26.9 Å². The lowest BCUT2D eigenvalue weighted by Crippen LogP contribution is -2.22. The van der Waals surface area contributed by atoms with Crippen molar-refractivity contribution in [2.24, 2.45) is 4.99 Å². The molecule has 0 aliphatic carbocycles. The first-order valence-corrected chi connectivity index (χ1v) is 7.93. The molecule has 1 unspecified atom stereocenters. The molecule has 0 bridgehead atoms. The van der Waals surface area contributed by atoms with Crippen LogP contribution in [-0.2, 0) is 0 Å². The minimum Gasteiger partial charge on any atom is -0.484 e. The molecule has 0 saturated heterocycles. The fourth-order valence-electron chi connectivity index (χ4n) is 2.44. The first kappa shape index (κ1) is 17.9. The van der Waals surface area contributed by atoms with Gasteiger partial charge in [-0.2, -0.15) is 0 Å². The highest BCUT2D eigenvalue weighted by molar-refractivity contribution is 6.09. The smallest absolute Gasteiger partial charge is 0.136 e. The number of nitrogens with zero attached hydrogens (tertiary/aromatic N) is 1. The van der Waals surface area contributed by atoms with Crippen molar-refractivity contribution in [3.8, 4) is 5.75 Å². The molecule has 4 heteroatoms.